The third kappa shape index (κ3) is 2.96. The lowest BCUT2D eigenvalue weighted by Crippen LogP contribution is -2.24. The summed E-state index contributed by atoms with van der Waals surface area (Å²) in [7, 11) is 0. The average molecular weight is 217 g/mol. The third-order valence-corrected chi connectivity index (χ3v) is 1.89. The largest absolute Gasteiger partial charge is 0.351 e. The number of pyridine rings is 1. The summed E-state index contributed by atoms with van der Waals surface area (Å²) in [4.78, 5) is 14.3. The van der Waals surface area contributed by atoms with Crippen molar-refractivity contribution in [3.8, 4) is 0 Å². The number of alkyl halides is 1. The summed E-state index contributed by atoms with van der Waals surface area (Å²) < 4.78 is 13.0. The molecule has 1 heterocycles. The van der Waals surface area contributed by atoms with Crippen molar-refractivity contribution >= 4 is 17.5 Å². The van der Waals surface area contributed by atoms with E-state index in [1.54, 1.807) is 13.0 Å². The number of nitrogens with zero attached hydrogens (tertiary/aromatic N) is 1. The van der Waals surface area contributed by atoms with Gasteiger partial charge in [-0.15, -0.1) is 11.6 Å². The Morgan fingerprint density at radius 1 is 1.71 bits per heavy atom. The van der Waals surface area contributed by atoms with Crippen LogP contribution in [0.2, 0.25) is 0 Å². The Kier molecular flexibility index (Phi) is 3.83. The first-order chi connectivity index (χ1) is 6.63. The van der Waals surface area contributed by atoms with Crippen molar-refractivity contribution in [2.75, 3.05) is 5.88 Å². The topological polar surface area (TPSA) is 42.0 Å². The zero-order chi connectivity index (χ0) is 10.6. The van der Waals surface area contributed by atoms with Crippen LogP contribution in [0.1, 0.15) is 11.1 Å². The van der Waals surface area contributed by atoms with Crippen molar-refractivity contribution in [2.45, 2.75) is 13.5 Å². The maximum absolute atomic E-state index is 13.0. The highest BCUT2D eigenvalue weighted by Crippen LogP contribution is 2.06. The molecule has 0 aromatic carbocycles. The number of hydrogen-bond donors (Lipinski definition) is 1. The van der Waals surface area contributed by atoms with E-state index in [0.717, 1.165) is 5.56 Å². The van der Waals surface area contributed by atoms with Gasteiger partial charge in [0, 0.05) is 18.3 Å². The standard InChI is InChI=1S/C9H10ClFN2O/c1-6-2-7(9(11)13-4-6)5-12-8(14)3-10/h2,4H,3,5H2,1H3,(H,12,14). The molecule has 1 rings (SSSR count). The predicted octanol–water partition coefficient (Wildman–Crippen LogP) is 1.38. The molecule has 1 aromatic rings. The first-order valence-corrected chi connectivity index (χ1v) is 4.60. The van der Waals surface area contributed by atoms with Crippen LogP contribution in [0.4, 0.5) is 4.39 Å². The van der Waals surface area contributed by atoms with Gasteiger partial charge in [0.05, 0.1) is 0 Å². The SMILES string of the molecule is Cc1cnc(F)c(CNC(=O)CCl)c1. The Balaban J connectivity index is 2.66. The Morgan fingerprint density at radius 3 is 3.07 bits per heavy atom. The molecule has 0 atom stereocenters. The summed E-state index contributed by atoms with van der Waals surface area (Å²) in [6, 6.07) is 1.64. The summed E-state index contributed by atoms with van der Waals surface area (Å²) in [5, 5.41) is 2.47. The van der Waals surface area contributed by atoms with E-state index in [2.05, 4.69) is 10.3 Å². The molecular weight excluding hydrogens is 207 g/mol. The highest BCUT2D eigenvalue weighted by molar-refractivity contribution is 6.27. The van der Waals surface area contributed by atoms with Crippen LogP contribution in [0, 0.1) is 12.9 Å². The van der Waals surface area contributed by atoms with E-state index in [4.69, 9.17) is 11.6 Å². The van der Waals surface area contributed by atoms with Gasteiger partial charge in [-0.2, -0.15) is 4.39 Å². The molecule has 1 amide bonds. The molecule has 0 aliphatic heterocycles. The fourth-order valence-corrected chi connectivity index (χ4v) is 1.07. The van der Waals surface area contributed by atoms with Gasteiger partial charge < -0.3 is 5.32 Å². The minimum atomic E-state index is -0.564. The van der Waals surface area contributed by atoms with E-state index < -0.39 is 5.95 Å². The summed E-state index contributed by atoms with van der Waals surface area (Å²) in [6.45, 7) is 1.92. The van der Waals surface area contributed by atoms with Gasteiger partial charge in [0.25, 0.3) is 0 Å². The van der Waals surface area contributed by atoms with Gasteiger partial charge in [-0.3, -0.25) is 4.79 Å². The normalized spacial score (nSPS) is 9.93. The van der Waals surface area contributed by atoms with E-state index in [1.807, 2.05) is 0 Å². The van der Waals surface area contributed by atoms with Gasteiger partial charge in [0.2, 0.25) is 11.9 Å². The predicted molar refractivity (Wildman–Crippen MR) is 51.5 cm³/mol. The number of carbonyl (C=O) groups is 1. The smallest absolute Gasteiger partial charge is 0.235 e. The minimum Gasteiger partial charge on any atom is -0.351 e. The number of hydrogen-bond acceptors (Lipinski definition) is 2. The number of amides is 1. The summed E-state index contributed by atoms with van der Waals surface area (Å²) in [5.74, 6) is -1.01. The number of carbonyl (C=O) groups excluding carboxylic acids is 1. The fraction of sp³-hybridized carbons (Fsp3) is 0.333. The van der Waals surface area contributed by atoms with Gasteiger partial charge in [-0.05, 0) is 18.6 Å². The van der Waals surface area contributed by atoms with Gasteiger partial charge >= 0.3 is 0 Å². The summed E-state index contributed by atoms with van der Waals surface area (Å²) in [5.41, 5.74) is 1.21. The molecular formula is C9H10ClFN2O. The maximum Gasteiger partial charge on any atom is 0.235 e. The molecule has 0 saturated heterocycles. The molecule has 14 heavy (non-hydrogen) atoms. The average Bonchev–Trinajstić information content (AvgIpc) is 2.19. The molecule has 0 bridgehead atoms. The molecule has 5 heteroatoms. The number of aryl methyl sites for hydroxylation is 1. The molecule has 0 unspecified atom stereocenters. The zero-order valence-electron chi connectivity index (χ0n) is 7.68. The van der Waals surface area contributed by atoms with E-state index >= 15 is 0 Å². The molecule has 0 radical (unpaired) electrons. The molecule has 0 aliphatic rings. The van der Waals surface area contributed by atoms with Crippen LogP contribution in [0.25, 0.3) is 0 Å². The van der Waals surface area contributed by atoms with Crippen molar-refractivity contribution in [1.82, 2.24) is 10.3 Å². The lowest BCUT2D eigenvalue weighted by molar-refractivity contribution is -0.118. The van der Waals surface area contributed by atoms with Crippen LogP contribution in [0.15, 0.2) is 12.3 Å². The van der Waals surface area contributed by atoms with Crippen LogP contribution in [0.5, 0.6) is 0 Å². The molecule has 3 nitrogen and oxygen atoms in total. The van der Waals surface area contributed by atoms with Crippen LogP contribution in [-0.2, 0) is 11.3 Å². The molecule has 0 aliphatic carbocycles. The first-order valence-electron chi connectivity index (χ1n) is 4.07. The molecule has 0 fully saturated rings. The van der Waals surface area contributed by atoms with Gasteiger partial charge in [-0.25, -0.2) is 4.98 Å². The Labute approximate surface area is 86.3 Å². The van der Waals surface area contributed by atoms with E-state index in [-0.39, 0.29) is 18.3 Å². The third-order valence-electron chi connectivity index (χ3n) is 1.65. The second-order valence-electron chi connectivity index (χ2n) is 2.87. The van der Waals surface area contributed by atoms with Gasteiger partial charge in [0.15, 0.2) is 0 Å². The van der Waals surface area contributed by atoms with Crippen molar-refractivity contribution in [1.29, 1.82) is 0 Å². The lowest BCUT2D eigenvalue weighted by Gasteiger charge is -2.04. The number of halogens is 2. The maximum atomic E-state index is 13.0. The second kappa shape index (κ2) is 4.91. The summed E-state index contributed by atoms with van der Waals surface area (Å²) >= 11 is 5.27. The van der Waals surface area contributed by atoms with Crippen molar-refractivity contribution in [3.63, 3.8) is 0 Å². The number of rotatable bonds is 3. The van der Waals surface area contributed by atoms with E-state index in [0.29, 0.717) is 5.56 Å². The molecule has 76 valence electrons. The van der Waals surface area contributed by atoms with Crippen LogP contribution in [-0.4, -0.2) is 16.8 Å². The quantitative estimate of drug-likeness (QED) is 0.613. The van der Waals surface area contributed by atoms with Crippen LogP contribution in [0.3, 0.4) is 0 Å². The van der Waals surface area contributed by atoms with Crippen molar-refractivity contribution < 1.29 is 9.18 Å². The first kappa shape index (κ1) is 10.9. The Bertz CT molecular complexity index is 344. The Morgan fingerprint density at radius 2 is 2.43 bits per heavy atom. The van der Waals surface area contributed by atoms with Gasteiger partial charge in [0.1, 0.15) is 5.88 Å². The van der Waals surface area contributed by atoms with E-state index in [1.165, 1.54) is 6.20 Å². The fourth-order valence-electron chi connectivity index (χ4n) is 0.978. The number of nitrogens with one attached hydrogen (secondary N) is 1. The number of aromatic nitrogens is 1. The molecule has 1 N–H and O–H groups in total. The van der Waals surface area contributed by atoms with Gasteiger partial charge in [-0.1, -0.05) is 0 Å². The molecule has 0 saturated carbocycles. The van der Waals surface area contributed by atoms with Crippen LogP contribution < -0.4 is 5.32 Å². The highest BCUT2D eigenvalue weighted by Gasteiger charge is 2.05. The van der Waals surface area contributed by atoms with Crippen LogP contribution >= 0.6 is 11.6 Å². The molecule has 0 spiro atoms. The van der Waals surface area contributed by atoms with E-state index in [9.17, 15) is 9.18 Å². The molecule has 1 aromatic heterocycles. The second-order valence-corrected chi connectivity index (χ2v) is 3.14. The Hall–Kier alpha value is -1.16. The van der Waals surface area contributed by atoms with Crippen molar-refractivity contribution in [3.05, 3.63) is 29.3 Å². The highest BCUT2D eigenvalue weighted by atomic mass is 35.5. The summed E-state index contributed by atoms with van der Waals surface area (Å²) in [6.07, 6.45) is 1.43. The minimum absolute atomic E-state index is 0.117. The zero-order valence-corrected chi connectivity index (χ0v) is 8.44. The lowest BCUT2D eigenvalue weighted by atomic mass is 10.2. The van der Waals surface area contributed by atoms with Crippen molar-refractivity contribution in [2.24, 2.45) is 0 Å². The monoisotopic (exact) mass is 216 g/mol.